The van der Waals surface area contributed by atoms with E-state index in [-0.39, 0.29) is 29.5 Å². The summed E-state index contributed by atoms with van der Waals surface area (Å²) in [5.41, 5.74) is 9.78. The summed E-state index contributed by atoms with van der Waals surface area (Å²) in [5, 5.41) is 14.0. The van der Waals surface area contributed by atoms with Crippen LogP contribution >= 0.6 is 0 Å². The molecule has 160 valence electrons. The summed E-state index contributed by atoms with van der Waals surface area (Å²) in [6, 6.07) is 10.6. The number of hydrogen-bond acceptors (Lipinski definition) is 5. The molecule has 2 aliphatic rings. The Bertz CT molecular complexity index is 1150. The van der Waals surface area contributed by atoms with Crippen molar-refractivity contribution in [1.82, 2.24) is 4.98 Å². The van der Waals surface area contributed by atoms with Crippen molar-refractivity contribution in [2.75, 3.05) is 5.32 Å². The third-order valence-corrected chi connectivity index (χ3v) is 6.48. The first-order valence-corrected chi connectivity index (χ1v) is 11.0. The third kappa shape index (κ3) is 4.00. The number of halogens is 1. The monoisotopic (exact) mass is 419 g/mol. The lowest BCUT2D eigenvalue weighted by Crippen LogP contribution is -2.33. The molecule has 0 atom stereocenters. The van der Waals surface area contributed by atoms with Crippen molar-refractivity contribution in [1.29, 1.82) is 0 Å². The second-order valence-electron chi connectivity index (χ2n) is 8.84. The van der Waals surface area contributed by atoms with Crippen LogP contribution in [0.2, 0.25) is 0 Å². The smallest absolute Gasteiger partial charge is 0.169 e. The van der Waals surface area contributed by atoms with Crippen LogP contribution in [0.4, 0.5) is 10.1 Å². The highest BCUT2D eigenvalue weighted by Crippen LogP contribution is 2.38. The van der Waals surface area contributed by atoms with Crippen LogP contribution < -0.4 is 11.1 Å². The third-order valence-electron chi connectivity index (χ3n) is 6.48. The lowest BCUT2D eigenvalue weighted by Gasteiger charge is -2.29. The summed E-state index contributed by atoms with van der Waals surface area (Å²) in [6.45, 7) is 0. The number of fused-ring (bicyclic) bond motifs is 1. The molecule has 5 rings (SSSR count). The molecule has 31 heavy (non-hydrogen) atoms. The van der Waals surface area contributed by atoms with Gasteiger partial charge in [-0.2, -0.15) is 0 Å². The maximum Gasteiger partial charge on any atom is 0.169 e. The summed E-state index contributed by atoms with van der Waals surface area (Å²) in [6.07, 6.45) is 7.41. The van der Waals surface area contributed by atoms with Crippen molar-refractivity contribution in [3.8, 4) is 16.9 Å². The number of carbonyl (C=O) groups is 1. The first-order chi connectivity index (χ1) is 15.0. The number of anilines is 1. The van der Waals surface area contributed by atoms with Gasteiger partial charge >= 0.3 is 0 Å². The number of phenols is 1. The predicted molar refractivity (Wildman–Crippen MR) is 120 cm³/mol. The average Bonchev–Trinajstić information content (AvgIpc) is 3.62. The van der Waals surface area contributed by atoms with Gasteiger partial charge in [-0.25, -0.2) is 4.39 Å². The molecule has 1 heterocycles. The molecule has 1 aromatic heterocycles. The van der Waals surface area contributed by atoms with Gasteiger partial charge in [-0.1, -0.05) is 12.1 Å². The molecule has 0 bridgehead atoms. The second-order valence-corrected chi connectivity index (χ2v) is 8.84. The number of pyridine rings is 1. The van der Waals surface area contributed by atoms with Crippen LogP contribution in [0.5, 0.6) is 5.75 Å². The molecule has 3 aromatic rings. The van der Waals surface area contributed by atoms with Crippen molar-refractivity contribution in [2.24, 2.45) is 11.7 Å². The van der Waals surface area contributed by atoms with Gasteiger partial charge in [-0.05, 0) is 73.9 Å². The summed E-state index contributed by atoms with van der Waals surface area (Å²) >= 11 is 0. The molecule has 2 fully saturated rings. The number of nitrogens with two attached hydrogens (primary N) is 1. The van der Waals surface area contributed by atoms with Gasteiger partial charge in [0.15, 0.2) is 17.3 Å². The first kappa shape index (κ1) is 19.9. The molecule has 0 radical (unpaired) electrons. The molecular formula is C25H26FN3O2. The molecule has 4 N–H and O–H groups in total. The molecular weight excluding hydrogens is 393 g/mol. The molecule has 0 saturated heterocycles. The fraction of sp³-hybridized carbons (Fsp3) is 0.360. The van der Waals surface area contributed by atoms with Gasteiger partial charge in [0.25, 0.3) is 0 Å². The Morgan fingerprint density at radius 2 is 1.74 bits per heavy atom. The van der Waals surface area contributed by atoms with Crippen molar-refractivity contribution in [3.05, 3.63) is 54.0 Å². The first-order valence-electron chi connectivity index (χ1n) is 11.0. The van der Waals surface area contributed by atoms with Crippen LogP contribution in [0.3, 0.4) is 0 Å². The number of rotatable bonds is 5. The molecule has 0 unspecified atom stereocenters. The highest BCUT2D eigenvalue weighted by atomic mass is 19.1. The molecule has 2 saturated carbocycles. The normalized spacial score (nSPS) is 21.2. The Morgan fingerprint density at radius 3 is 2.45 bits per heavy atom. The average molecular weight is 420 g/mol. The minimum atomic E-state index is -0.662. The lowest BCUT2D eigenvalue weighted by molar-refractivity contribution is 0.0968. The molecule has 0 spiro atoms. The van der Waals surface area contributed by atoms with E-state index in [1.54, 1.807) is 12.3 Å². The standard InChI is InChI=1S/C25H26FN3O2/c26-21-12-16(4-10-23(21)30)15-3-9-22-19(11-15)24(29-18-7-5-17(27)6-8-18)20(13-28-22)25(31)14-1-2-14/h3-4,9-14,17-18,30H,1-2,5-8,27H2,(H,28,29). The minimum Gasteiger partial charge on any atom is -0.505 e. The Hall–Kier alpha value is -2.99. The van der Waals surface area contributed by atoms with E-state index in [0.29, 0.717) is 11.1 Å². The maximum atomic E-state index is 13.9. The summed E-state index contributed by atoms with van der Waals surface area (Å²) < 4.78 is 13.9. The van der Waals surface area contributed by atoms with Gasteiger partial charge in [0.1, 0.15) is 0 Å². The number of ketones is 1. The van der Waals surface area contributed by atoms with Gasteiger partial charge in [-0.3, -0.25) is 9.78 Å². The van der Waals surface area contributed by atoms with Crippen molar-refractivity contribution in [3.63, 3.8) is 0 Å². The molecule has 2 aliphatic carbocycles. The number of aromatic nitrogens is 1. The van der Waals surface area contributed by atoms with Gasteiger partial charge < -0.3 is 16.2 Å². The fourth-order valence-corrected chi connectivity index (χ4v) is 4.43. The zero-order valence-electron chi connectivity index (χ0n) is 17.3. The van der Waals surface area contributed by atoms with E-state index in [1.807, 2.05) is 18.2 Å². The van der Waals surface area contributed by atoms with Crippen LogP contribution in [0.25, 0.3) is 22.0 Å². The van der Waals surface area contributed by atoms with E-state index in [0.717, 1.165) is 60.7 Å². The number of aromatic hydroxyl groups is 1. The summed E-state index contributed by atoms with van der Waals surface area (Å²) in [5.74, 6) is -0.800. The van der Waals surface area contributed by atoms with E-state index in [1.165, 1.54) is 12.1 Å². The number of carbonyl (C=O) groups excluding carboxylic acids is 1. The SMILES string of the molecule is NC1CCC(Nc2c(C(=O)C3CC3)cnc3ccc(-c4ccc(O)c(F)c4)cc23)CC1. The van der Waals surface area contributed by atoms with E-state index >= 15 is 0 Å². The van der Waals surface area contributed by atoms with Gasteiger partial charge in [-0.15, -0.1) is 0 Å². The number of nitrogens with one attached hydrogen (secondary N) is 1. The number of benzene rings is 2. The highest BCUT2D eigenvalue weighted by molar-refractivity contribution is 6.10. The number of hydrogen-bond donors (Lipinski definition) is 3. The summed E-state index contributed by atoms with van der Waals surface area (Å²) in [7, 11) is 0. The Kier molecular flexibility index (Phi) is 5.10. The molecule has 5 nitrogen and oxygen atoms in total. The topological polar surface area (TPSA) is 88.2 Å². The molecule has 0 aliphatic heterocycles. The lowest BCUT2D eigenvalue weighted by atomic mass is 9.91. The number of phenolic OH excluding ortho intramolecular Hbond substituents is 1. The largest absolute Gasteiger partial charge is 0.505 e. The Morgan fingerprint density at radius 1 is 1.03 bits per heavy atom. The van der Waals surface area contributed by atoms with E-state index in [2.05, 4.69) is 10.3 Å². The van der Waals surface area contributed by atoms with E-state index < -0.39 is 5.82 Å². The van der Waals surface area contributed by atoms with Crippen LogP contribution in [0, 0.1) is 11.7 Å². The van der Waals surface area contributed by atoms with Crippen LogP contribution in [-0.4, -0.2) is 28.0 Å². The quantitative estimate of drug-likeness (QED) is 0.505. The fourth-order valence-electron chi connectivity index (χ4n) is 4.43. The molecule has 2 aromatic carbocycles. The maximum absolute atomic E-state index is 13.9. The molecule has 6 heteroatoms. The van der Waals surface area contributed by atoms with Crippen molar-refractivity contribution < 1.29 is 14.3 Å². The highest BCUT2D eigenvalue weighted by Gasteiger charge is 2.33. The zero-order chi connectivity index (χ0) is 21.5. The van der Waals surface area contributed by atoms with Gasteiger partial charge in [0.05, 0.1) is 16.8 Å². The Balaban J connectivity index is 1.60. The van der Waals surface area contributed by atoms with Crippen molar-refractivity contribution >= 4 is 22.4 Å². The van der Waals surface area contributed by atoms with Crippen molar-refractivity contribution in [2.45, 2.75) is 50.6 Å². The number of nitrogens with zero attached hydrogens (tertiary/aromatic N) is 1. The predicted octanol–water partition coefficient (Wildman–Crippen LogP) is 5.02. The second kappa shape index (κ2) is 7.93. The molecule has 0 amide bonds. The van der Waals surface area contributed by atoms with E-state index in [4.69, 9.17) is 5.73 Å². The van der Waals surface area contributed by atoms with Gasteiger partial charge in [0.2, 0.25) is 0 Å². The summed E-state index contributed by atoms with van der Waals surface area (Å²) in [4.78, 5) is 17.6. The van der Waals surface area contributed by atoms with Crippen LogP contribution in [0.1, 0.15) is 48.9 Å². The zero-order valence-corrected chi connectivity index (χ0v) is 17.3. The van der Waals surface area contributed by atoms with Gasteiger partial charge in [0, 0.05) is 29.6 Å². The number of Topliss-reactive ketones (excluding diaryl/α,β-unsaturated/α-hetero) is 1. The Labute approximate surface area is 180 Å². The minimum absolute atomic E-state index is 0.0916. The van der Waals surface area contributed by atoms with Crippen LogP contribution in [0.15, 0.2) is 42.6 Å². The van der Waals surface area contributed by atoms with Crippen LogP contribution in [-0.2, 0) is 0 Å². The van der Waals surface area contributed by atoms with E-state index in [9.17, 15) is 14.3 Å².